The highest BCUT2D eigenvalue weighted by atomic mass is 35.5. The summed E-state index contributed by atoms with van der Waals surface area (Å²) in [6, 6.07) is 2.91. The summed E-state index contributed by atoms with van der Waals surface area (Å²) in [6.45, 7) is 8.06. The molecule has 0 saturated heterocycles. The molecule has 13 heavy (non-hydrogen) atoms. The summed E-state index contributed by atoms with van der Waals surface area (Å²) in [5.41, 5.74) is 1.88. The largest absolute Gasteiger partial charge is 0.207 e. The van der Waals surface area contributed by atoms with Crippen LogP contribution in [-0.4, -0.2) is 0 Å². The zero-order valence-corrected chi connectivity index (χ0v) is 9.17. The van der Waals surface area contributed by atoms with Crippen LogP contribution in [0.5, 0.6) is 0 Å². The Labute approximate surface area is 83.7 Å². The SMILES string of the molecule is Cc1c(Cl)cc(F)cc1C(C)(C)C. The Morgan fingerprint density at radius 1 is 1.23 bits per heavy atom. The molecule has 0 amide bonds. The van der Waals surface area contributed by atoms with Crippen molar-refractivity contribution >= 4 is 11.6 Å². The summed E-state index contributed by atoms with van der Waals surface area (Å²) in [4.78, 5) is 0. The zero-order valence-electron chi connectivity index (χ0n) is 8.41. The van der Waals surface area contributed by atoms with Crippen LogP contribution in [0.15, 0.2) is 12.1 Å². The predicted octanol–water partition coefficient (Wildman–Crippen LogP) is 4.09. The van der Waals surface area contributed by atoms with Gasteiger partial charge in [0.05, 0.1) is 0 Å². The maximum Gasteiger partial charge on any atom is 0.125 e. The summed E-state index contributed by atoms with van der Waals surface area (Å²) in [5, 5.41) is 0.505. The molecule has 0 aromatic heterocycles. The van der Waals surface area contributed by atoms with Crippen molar-refractivity contribution in [2.75, 3.05) is 0 Å². The first-order valence-electron chi connectivity index (χ1n) is 4.28. The summed E-state index contributed by atoms with van der Waals surface area (Å²) < 4.78 is 13.1. The van der Waals surface area contributed by atoms with E-state index >= 15 is 0 Å². The minimum absolute atomic E-state index is 0.0597. The van der Waals surface area contributed by atoms with Crippen molar-refractivity contribution in [3.8, 4) is 0 Å². The minimum atomic E-state index is -0.263. The van der Waals surface area contributed by atoms with E-state index in [0.29, 0.717) is 5.02 Å². The molecule has 0 atom stereocenters. The molecule has 0 aliphatic heterocycles. The maximum absolute atomic E-state index is 13.1. The Morgan fingerprint density at radius 2 is 1.77 bits per heavy atom. The molecule has 0 spiro atoms. The van der Waals surface area contributed by atoms with E-state index in [1.165, 1.54) is 6.07 Å². The first-order valence-corrected chi connectivity index (χ1v) is 4.66. The smallest absolute Gasteiger partial charge is 0.125 e. The second kappa shape index (κ2) is 3.30. The van der Waals surface area contributed by atoms with E-state index in [0.717, 1.165) is 11.1 Å². The summed E-state index contributed by atoms with van der Waals surface area (Å²) in [6.07, 6.45) is 0. The van der Waals surface area contributed by atoms with Crippen molar-refractivity contribution in [3.63, 3.8) is 0 Å². The lowest BCUT2D eigenvalue weighted by Crippen LogP contribution is -2.13. The number of rotatable bonds is 0. The maximum atomic E-state index is 13.1. The van der Waals surface area contributed by atoms with Crippen LogP contribution in [0.3, 0.4) is 0 Å². The molecule has 0 aliphatic carbocycles. The fourth-order valence-electron chi connectivity index (χ4n) is 1.42. The summed E-state index contributed by atoms with van der Waals surface area (Å²) >= 11 is 5.89. The van der Waals surface area contributed by atoms with Gasteiger partial charge in [0.1, 0.15) is 5.82 Å². The van der Waals surface area contributed by atoms with Crippen LogP contribution >= 0.6 is 11.6 Å². The highest BCUT2D eigenvalue weighted by molar-refractivity contribution is 6.31. The standard InChI is InChI=1S/C11H14ClF/c1-7-9(11(2,3)4)5-8(13)6-10(7)12/h5-6H,1-4H3. The van der Waals surface area contributed by atoms with Gasteiger partial charge in [0, 0.05) is 5.02 Å². The quantitative estimate of drug-likeness (QED) is 0.592. The molecule has 0 saturated carbocycles. The van der Waals surface area contributed by atoms with Crippen molar-refractivity contribution in [3.05, 3.63) is 34.1 Å². The van der Waals surface area contributed by atoms with Crippen LogP contribution in [0.1, 0.15) is 31.9 Å². The average Bonchev–Trinajstić information content (AvgIpc) is 1.94. The van der Waals surface area contributed by atoms with Gasteiger partial charge in [-0.2, -0.15) is 0 Å². The van der Waals surface area contributed by atoms with Gasteiger partial charge in [-0.05, 0) is 35.6 Å². The van der Waals surface area contributed by atoms with Crippen LogP contribution in [0.2, 0.25) is 5.02 Å². The fraction of sp³-hybridized carbons (Fsp3) is 0.455. The third-order valence-corrected chi connectivity index (χ3v) is 2.51. The lowest BCUT2D eigenvalue weighted by molar-refractivity contribution is 0.568. The second-order valence-corrected chi connectivity index (χ2v) is 4.72. The molecule has 0 radical (unpaired) electrons. The van der Waals surface area contributed by atoms with Gasteiger partial charge in [-0.3, -0.25) is 0 Å². The van der Waals surface area contributed by atoms with E-state index in [1.807, 2.05) is 27.7 Å². The third kappa shape index (κ3) is 2.22. The monoisotopic (exact) mass is 200 g/mol. The molecule has 0 fully saturated rings. The van der Waals surface area contributed by atoms with Crippen LogP contribution in [0.25, 0.3) is 0 Å². The molecular weight excluding hydrogens is 187 g/mol. The molecule has 1 rings (SSSR count). The van der Waals surface area contributed by atoms with Gasteiger partial charge in [-0.1, -0.05) is 32.4 Å². The summed E-state index contributed by atoms with van der Waals surface area (Å²) in [7, 11) is 0. The molecular formula is C11H14ClF. The van der Waals surface area contributed by atoms with Crippen molar-refractivity contribution in [1.29, 1.82) is 0 Å². The number of hydrogen-bond donors (Lipinski definition) is 0. The molecule has 0 heterocycles. The first kappa shape index (κ1) is 10.5. The normalized spacial score (nSPS) is 11.8. The Bertz CT molecular complexity index is 324. The molecule has 0 unspecified atom stereocenters. The molecule has 1 aromatic rings. The lowest BCUT2D eigenvalue weighted by Gasteiger charge is -2.22. The number of halogens is 2. The summed E-state index contributed by atoms with van der Waals surface area (Å²) in [5.74, 6) is -0.263. The fourth-order valence-corrected chi connectivity index (χ4v) is 1.63. The topological polar surface area (TPSA) is 0 Å². The van der Waals surface area contributed by atoms with Crippen LogP contribution in [0, 0.1) is 12.7 Å². The highest BCUT2D eigenvalue weighted by Crippen LogP contribution is 2.30. The van der Waals surface area contributed by atoms with Gasteiger partial charge in [0.15, 0.2) is 0 Å². The van der Waals surface area contributed by atoms with Crippen molar-refractivity contribution in [1.82, 2.24) is 0 Å². The van der Waals surface area contributed by atoms with Crippen molar-refractivity contribution in [2.24, 2.45) is 0 Å². The highest BCUT2D eigenvalue weighted by Gasteiger charge is 2.18. The van der Waals surface area contributed by atoms with Crippen LogP contribution < -0.4 is 0 Å². The Morgan fingerprint density at radius 3 is 2.23 bits per heavy atom. The zero-order chi connectivity index (χ0) is 10.2. The molecule has 1 aromatic carbocycles. The molecule has 0 nitrogen and oxygen atoms in total. The van der Waals surface area contributed by atoms with Crippen LogP contribution in [0.4, 0.5) is 4.39 Å². The molecule has 2 heteroatoms. The molecule has 72 valence electrons. The van der Waals surface area contributed by atoms with E-state index in [-0.39, 0.29) is 11.2 Å². The van der Waals surface area contributed by atoms with E-state index in [2.05, 4.69) is 0 Å². The Balaban J connectivity index is 3.37. The minimum Gasteiger partial charge on any atom is -0.207 e. The average molecular weight is 201 g/mol. The van der Waals surface area contributed by atoms with Crippen molar-refractivity contribution in [2.45, 2.75) is 33.1 Å². The molecule has 0 aliphatic rings. The molecule has 0 N–H and O–H groups in total. The van der Waals surface area contributed by atoms with Gasteiger partial charge < -0.3 is 0 Å². The van der Waals surface area contributed by atoms with E-state index < -0.39 is 0 Å². The van der Waals surface area contributed by atoms with Gasteiger partial charge in [-0.25, -0.2) is 4.39 Å². The molecule has 0 bridgehead atoms. The third-order valence-electron chi connectivity index (χ3n) is 2.12. The van der Waals surface area contributed by atoms with Gasteiger partial charge in [0.25, 0.3) is 0 Å². The van der Waals surface area contributed by atoms with Crippen LogP contribution in [-0.2, 0) is 5.41 Å². The van der Waals surface area contributed by atoms with Gasteiger partial charge in [-0.15, -0.1) is 0 Å². The second-order valence-electron chi connectivity index (χ2n) is 4.31. The van der Waals surface area contributed by atoms with E-state index in [4.69, 9.17) is 11.6 Å². The number of hydrogen-bond acceptors (Lipinski definition) is 0. The van der Waals surface area contributed by atoms with E-state index in [1.54, 1.807) is 6.07 Å². The Kier molecular flexibility index (Phi) is 2.67. The Hall–Kier alpha value is -0.560. The van der Waals surface area contributed by atoms with Crippen molar-refractivity contribution < 1.29 is 4.39 Å². The lowest BCUT2D eigenvalue weighted by atomic mass is 9.84. The van der Waals surface area contributed by atoms with Gasteiger partial charge in [0.2, 0.25) is 0 Å². The predicted molar refractivity (Wildman–Crippen MR) is 54.8 cm³/mol. The van der Waals surface area contributed by atoms with Gasteiger partial charge >= 0.3 is 0 Å². The first-order chi connectivity index (χ1) is 5.82. The van der Waals surface area contributed by atoms with E-state index in [9.17, 15) is 4.39 Å². The number of benzene rings is 1.